The third kappa shape index (κ3) is 3.63. The fourth-order valence-electron chi connectivity index (χ4n) is 3.92. The molecule has 0 aliphatic carbocycles. The normalized spacial score (nSPS) is 21.0. The minimum absolute atomic E-state index is 0.0500. The predicted molar refractivity (Wildman–Crippen MR) is 93.9 cm³/mol. The first kappa shape index (κ1) is 20.7. The Morgan fingerprint density at radius 3 is 2.11 bits per heavy atom. The number of rotatable bonds is 3. The van der Waals surface area contributed by atoms with Crippen molar-refractivity contribution in [3.05, 3.63) is 70.3 Å². The van der Waals surface area contributed by atoms with Crippen LogP contribution in [0.5, 0.6) is 0 Å². The van der Waals surface area contributed by atoms with Gasteiger partial charge in [-0.15, -0.1) is 0 Å². The average Bonchev–Trinajstić information content (AvgIpc) is 2.66. The van der Waals surface area contributed by atoms with Crippen LogP contribution in [0.25, 0.3) is 0 Å². The first-order valence-corrected chi connectivity index (χ1v) is 8.93. The second kappa shape index (κ2) is 7.40. The van der Waals surface area contributed by atoms with Crippen LogP contribution in [0.4, 0.5) is 26.3 Å². The molecule has 1 heterocycles. The van der Waals surface area contributed by atoms with Gasteiger partial charge < -0.3 is 10.6 Å². The predicted octanol–water partition coefficient (Wildman–Crippen LogP) is 4.72. The monoisotopic (exact) mass is 402 g/mol. The van der Waals surface area contributed by atoms with Crippen molar-refractivity contribution >= 4 is 0 Å². The van der Waals surface area contributed by atoms with Crippen LogP contribution in [-0.2, 0) is 24.3 Å². The molecule has 3 rings (SSSR count). The molecule has 152 valence electrons. The summed E-state index contributed by atoms with van der Waals surface area (Å²) in [5.74, 6) is 0. The number of hydrogen-bond acceptors (Lipinski definition) is 2. The molecular formula is C20H20F6N2. The van der Waals surface area contributed by atoms with Crippen molar-refractivity contribution < 1.29 is 26.3 Å². The van der Waals surface area contributed by atoms with E-state index in [-0.39, 0.29) is 6.54 Å². The van der Waals surface area contributed by atoms with E-state index in [0.717, 1.165) is 17.7 Å². The Morgan fingerprint density at radius 1 is 0.857 bits per heavy atom. The van der Waals surface area contributed by atoms with Crippen LogP contribution in [-0.4, -0.2) is 19.6 Å². The van der Waals surface area contributed by atoms with E-state index < -0.39 is 34.6 Å². The molecule has 0 aromatic heterocycles. The zero-order chi connectivity index (χ0) is 20.6. The molecule has 0 radical (unpaired) electrons. The average molecular weight is 402 g/mol. The zero-order valence-electron chi connectivity index (χ0n) is 15.1. The minimum atomic E-state index is -5.16. The molecule has 1 saturated heterocycles. The number of alkyl halides is 6. The lowest BCUT2D eigenvalue weighted by molar-refractivity contribution is -0.163. The zero-order valence-corrected chi connectivity index (χ0v) is 15.1. The molecule has 2 aromatic rings. The number of nitrogens with one attached hydrogen (secondary N) is 2. The molecule has 8 heteroatoms. The minimum Gasteiger partial charge on any atom is -0.313 e. The van der Waals surface area contributed by atoms with E-state index in [0.29, 0.717) is 31.1 Å². The van der Waals surface area contributed by atoms with Crippen molar-refractivity contribution in [2.75, 3.05) is 19.6 Å². The summed E-state index contributed by atoms with van der Waals surface area (Å²) in [6.07, 6.45) is -9.73. The molecule has 1 unspecified atom stereocenters. The van der Waals surface area contributed by atoms with Crippen LogP contribution in [0.1, 0.15) is 34.7 Å². The molecule has 1 aliphatic rings. The van der Waals surface area contributed by atoms with Crippen molar-refractivity contribution in [3.8, 4) is 0 Å². The van der Waals surface area contributed by atoms with Gasteiger partial charge in [0.1, 0.15) is 0 Å². The van der Waals surface area contributed by atoms with Gasteiger partial charge in [0.2, 0.25) is 0 Å². The molecule has 2 nitrogen and oxygen atoms in total. The highest BCUT2D eigenvalue weighted by Crippen LogP contribution is 2.46. The van der Waals surface area contributed by atoms with Gasteiger partial charge in [0, 0.05) is 19.6 Å². The van der Waals surface area contributed by atoms with E-state index in [1.54, 1.807) is 24.3 Å². The molecular weight excluding hydrogens is 382 g/mol. The van der Waals surface area contributed by atoms with Crippen molar-refractivity contribution in [3.63, 3.8) is 0 Å². The van der Waals surface area contributed by atoms with Crippen molar-refractivity contribution in [2.24, 2.45) is 0 Å². The largest absolute Gasteiger partial charge is 0.417 e. The van der Waals surface area contributed by atoms with Gasteiger partial charge in [-0.05, 0) is 29.2 Å². The van der Waals surface area contributed by atoms with Gasteiger partial charge in [-0.25, -0.2) is 0 Å². The smallest absolute Gasteiger partial charge is 0.313 e. The molecule has 1 fully saturated rings. The lowest BCUT2D eigenvalue weighted by Crippen LogP contribution is -2.58. The molecule has 1 atom stereocenters. The molecule has 0 bridgehead atoms. The Kier molecular flexibility index (Phi) is 5.46. The van der Waals surface area contributed by atoms with Gasteiger partial charge in [-0.2, -0.15) is 26.3 Å². The van der Waals surface area contributed by atoms with Crippen LogP contribution in [0.3, 0.4) is 0 Å². The van der Waals surface area contributed by atoms with E-state index in [4.69, 9.17) is 0 Å². The summed E-state index contributed by atoms with van der Waals surface area (Å²) >= 11 is 0. The maximum Gasteiger partial charge on any atom is 0.417 e. The quantitative estimate of drug-likeness (QED) is 0.726. The summed E-state index contributed by atoms with van der Waals surface area (Å²) in [5.41, 5.74) is -3.80. The summed E-state index contributed by atoms with van der Waals surface area (Å²) in [6.45, 7) is 2.75. The Bertz CT molecular complexity index is 835. The van der Waals surface area contributed by atoms with Gasteiger partial charge >= 0.3 is 12.4 Å². The van der Waals surface area contributed by atoms with Crippen molar-refractivity contribution in [1.29, 1.82) is 0 Å². The Hall–Kier alpha value is -2.06. The van der Waals surface area contributed by atoms with Gasteiger partial charge in [-0.3, -0.25) is 0 Å². The standard InChI is InChI=1S/C20H20F6N2/c1-2-13-6-3-4-7-14(13)18(12-27-10-11-28-18)15-8-5-9-16(19(21,22)23)17(15)20(24,25)26/h3-9,27-28H,2,10-12H2,1H3. The number of hydrogen-bond donors (Lipinski definition) is 2. The fraction of sp³-hybridized carbons (Fsp3) is 0.400. The highest BCUT2D eigenvalue weighted by Gasteiger charge is 2.49. The molecule has 0 spiro atoms. The van der Waals surface area contributed by atoms with Crippen LogP contribution < -0.4 is 10.6 Å². The highest BCUT2D eigenvalue weighted by atomic mass is 19.4. The maximum absolute atomic E-state index is 13.9. The molecule has 0 amide bonds. The van der Waals surface area contributed by atoms with Gasteiger partial charge in [0.15, 0.2) is 0 Å². The molecule has 1 aliphatic heterocycles. The number of halogens is 6. The van der Waals surface area contributed by atoms with Crippen LogP contribution >= 0.6 is 0 Å². The lowest BCUT2D eigenvalue weighted by Gasteiger charge is -2.42. The molecule has 2 N–H and O–H groups in total. The van der Waals surface area contributed by atoms with Crippen molar-refractivity contribution in [2.45, 2.75) is 31.2 Å². The van der Waals surface area contributed by atoms with Crippen LogP contribution in [0.15, 0.2) is 42.5 Å². The summed E-state index contributed by atoms with van der Waals surface area (Å²) in [5, 5.41) is 6.15. The van der Waals surface area contributed by atoms with Crippen LogP contribution in [0.2, 0.25) is 0 Å². The Morgan fingerprint density at radius 2 is 1.54 bits per heavy atom. The van der Waals surface area contributed by atoms with E-state index in [9.17, 15) is 26.3 Å². The molecule has 0 saturated carbocycles. The topological polar surface area (TPSA) is 24.1 Å². The van der Waals surface area contributed by atoms with E-state index in [2.05, 4.69) is 10.6 Å². The number of benzene rings is 2. The first-order valence-electron chi connectivity index (χ1n) is 8.93. The number of aryl methyl sites for hydroxylation is 1. The van der Waals surface area contributed by atoms with Gasteiger partial charge in [-0.1, -0.05) is 43.3 Å². The first-order chi connectivity index (χ1) is 13.1. The Balaban J connectivity index is 2.37. The lowest BCUT2D eigenvalue weighted by atomic mass is 9.75. The van der Waals surface area contributed by atoms with E-state index in [1.807, 2.05) is 6.92 Å². The highest BCUT2D eigenvalue weighted by molar-refractivity contribution is 5.51. The maximum atomic E-state index is 13.9. The van der Waals surface area contributed by atoms with Gasteiger partial charge in [0.25, 0.3) is 0 Å². The second-order valence-electron chi connectivity index (χ2n) is 6.74. The SMILES string of the molecule is CCc1ccccc1C1(c2cccc(C(F)(F)F)c2C(F)(F)F)CNCCN1. The Labute approximate surface area is 158 Å². The summed E-state index contributed by atoms with van der Waals surface area (Å²) < 4.78 is 82.1. The fourth-order valence-corrected chi connectivity index (χ4v) is 3.92. The summed E-state index contributed by atoms with van der Waals surface area (Å²) in [6, 6.07) is 9.59. The van der Waals surface area contributed by atoms with Gasteiger partial charge in [0.05, 0.1) is 16.7 Å². The number of piperazine rings is 1. The summed E-state index contributed by atoms with van der Waals surface area (Å²) in [4.78, 5) is 0. The second-order valence-corrected chi connectivity index (χ2v) is 6.74. The van der Waals surface area contributed by atoms with Crippen LogP contribution in [0, 0.1) is 0 Å². The molecule has 2 aromatic carbocycles. The third-order valence-electron chi connectivity index (χ3n) is 5.09. The molecule has 28 heavy (non-hydrogen) atoms. The third-order valence-corrected chi connectivity index (χ3v) is 5.09. The van der Waals surface area contributed by atoms with E-state index in [1.165, 1.54) is 0 Å². The summed E-state index contributed by atoms with van der Waals surface area (Å²) in [7, 11) is 0. The van der Waals surface area contributed by atoms with E-state index >= 15 is 0 Å². The van der Waals surface area contributed by atoms with Crippen molar-refractivity contribution in [1.82, 2.24) is 10.6 Å².